The summed E-state index contributed by atoms with van der Waals surface area (Å²) in [6.07, 6.45) is -2.70. The Morgan fingerprint density at radius 3 is 2.44 bits per heavy atom. The summed E-state index contributed by atoms with van der Waals surface area (Å²) in [4.78, 5) is 12.6. The lowest BCUT2D eigenvalue weighted by molar-refractivity contribution is 0.00892. The number of amides is 1. The highest BCUT2D eigenvalue weighted by molar-refractivity contribution is 5.84. The fraction of sp³-hybridized carbons (Fsp3) is 0.167. The monoisotopic (exact) mass is 436 g/mol. The van der Waals surface area contributed by atoms with Crippen LogP contribution in [0.2, 0.25) is 0 Å². The molecular formula is C24H21FN2O5. The molecule has 0 fully saturated rings. The number of aromatic hydroxyl groups is 1. The summed E-state index contributed by atoms with van der Waals surface area (Å²) in [7, 11) is 0. The smallest absolute Gasteiger partial charge is 0.412 e. The summed E-state index contributed by atoms with van der Waals surface area (Å²) in [5, 5.41) is 30.5. The van der Waals surface area contributed by atoms with Crippen LogP contribution in [0.25, 0.3) is 0 Å². The molecule has 8 heteroatoms. The number of halogens is 1. The number of nitriles is 1. The van der Waals surface area contributed by atoms with E-state index in [-0.39, 0.29) is 18.6 Å². The van der Waals surface area contributed by atoms with Crippen LogP contribution < -0.4 is 10.1 Å². The molecule has 0 bridgehead atoms. The maximum Gasteiger partial charge on any atom is 0.412 e. The first-order valence-electron chi connectivity index (χ1n) is 9.79. The molecule has 32 heavy (non-hydrogen) atoms. The number of nitrogens with one attached hydrogen (secondary N) is 1. The maximum absolute atomic E-state index is 14.0. The number of carbonyl (C=O) groups is 1. The van der Waals surface area contributed by atoms with Gasteiger partial charge in [0.1, 0.15) is 11.9 Å². The third-order valence-corrected chi connectivity index (χ3v) is 4.58. The molecule has 0 saturated heterocycles. The van der Waals surface area contributed by atoms with Gasteiger partial charge >= 0.3 is 6.09 Å². The zero-order valence-electron chi connectivity index (χ0n) is 16.9. The summed E-state index contributed by atoms with van der Waals surface area (Å²) in [5.41, 5.74) is 1.07. The Labute approximate surface area is 184 Å². The van der Waals surface area contributed by atoms with Gasteiger partial charge in [0, 0.05) is 18.7 Å². The molecule has 1 amide bonds. The molecule has 0 aliphatic rings. The third kappa shape index (κ3) is 5.97. The van der Waals surface area contributed by atoms with Crippen LogP contribution in [0.4, 0.5) is 14.9 Å². The van der Waals surface area contributed by atoms with Crippen molar-refractivity contribution in [2.75, 3.05) is 11.9 Å². The highest BCUT2D eigenvalue weighted by Crippen LogP contribution is 2.30. The van der Waals surface area contributed by atoms with Gasteiger partial charge in [-0.15, -0.1) is 0 Å². The number of para-hydroxylation sites is 1. The number of hydrogen-bond donors (Lipinski definition) is 3. The van der Waals surface area contributed by atoms with E-state index in [1.807, 2.05) is 12.1 Å². The van der Waals surface area contributed by atoms with E-state index in [1.54, 1.807) is 36.4 Å². The molecule has 0 aliphatic carbocycles. The van der Waals surface area contributed by atoms with Crippen molar-refractivity contribution in [1.29, 1.82) is 5.26 Å². The van der Waals surface area contributed by atoms with Crippen LogP contribution in [-0.4, -0.2) is 29.0 Å². The number of carbonyl (C=O) groups excluding carboxylic acids is 1. The van der Waals surface area contributed by atoms with Crippen molar-refractivity contribution in [3.05, 3.63) is 89.7 Å². The summed E-state index contributed by atoms with van der Waals surface area (Å²) in [6.45, 7) is -0.269. The SMILES string of the molecule is N#Cc1ccc(NC(=O)O[C@H](c2ccc(O)c(F)c2)[C@@H](CCO)Oc2ccccc2)cc1. The lowest BCUT2D eigenvalue weighted by Crippen LogP contribution is -2.31. The molecule has 3 rings (SSSR count). The molecule has 0 saturated carbocycles. The number of phenolic OH excluding ortho intramolecular Hbond substituents is 1. The molecule has 3 N–H and O–H groups in total. The van der Waals surface area contributed by atoms with Gasteiger partial charge in [0.05, 0.1) is 11.6 Å². The van der Waals surface area contributed by atoms with E-state index in [0.29, 0.717) is 17.0 Å². The lowest BCUT2D eigenvalue weighted by Gasteiger charge is -2.28. The van der Waals surface area contributed by atoms with Crippen molar-refractivity contribution in [2.45, 2.75) is 18.6 Å². The van der Waals surface area contributed by atoms with E-state index in [1.165, 1.54) is 18.2 Å². The number of anilines is 1. The van der Waals surface area contributed by atoms with Crippen molar-refractivity contribution >= 4 is 11.8 Å². The molecule has 0 aromatic heterocycles. The molecule has 0 heterocycles. The number of rotatable bonds is 8. The Kier molecular flexibility index (Phi) is 7.62. The summed E-state index contributed by atoms with van der Waals surface area (Å²) < 4.78 is 25.6. The topological polar surface area (TPSA) is 112 Å². The van der Waals surface area contributed by atoms with Crippen molar-refractivity contribution in [1.82, 2.24) is 0 Å². The van der Waals surface area contributed by atoms with Gasteiger partial charge in [0.25, 0.3) is 0 Å². The van der Waals surface area contributed by atoms with E-state index < -0.39 is 29.9 Å². The van der Waals surface area contributed by atoms with Crippen LogP contribution in [-0.2, 0) is 4.74 Å². The first-order chi connectivity index (χ1) is 15.5. The summed E-state index contributed by atoms with van der Waals surface area (Å²) >= 11 is 0. The first kappa shape index (κ1) is 22.6. The number of nitrogens with zero attached hydrogens (tertiary/aromatic N) is 1. The largest absolute Gasteiger partial charge is 0.505 e. The molecule has 164 valence electrons. The van der Waals surface area contributed by atoms with Gasteiger partial charge in [-0.05, 0) is 54.1 Å². The molecule has 0 radical (unpaired) electrons. The highest BCUT2D eigenvalue weighted by Gasteiger charge is 2.30. The normalized spacial score (nSPS) is 12.3. The second-order valence-corrected chi connectivity index (χ2v) is 6.83. The minimum atomic E-state index is -1.10. The van der Waals surface area contributed by atoms with Crippen LogP contribution in [0.1, 0.15) is 23.7 Å². The Bertz CT molecular complexity index is 1080. The zero-order chi connectivity index (χ0) is 22.9. The number of aliphatic hydroxyl groups excluding tert-OH is 1. The minimum absolute atomic E-state index is 0.0895. The fourth-order valence-electron chi connectivity index (χ4n) is 3.02. The van der Waals surface area contributed by atoms with Crippen molar-refractivity contribution in [2.24, 2.45) is 0 Å². The van der Waals surface area contributed by atoms with Crippen LogP contribution in [0.3, 0.4) is 0 Å². The quantitative estimate of drug-likeness (QED) is 0.479. The number of phenols is 1. The van der Waals surface area contributed by atoms with Crippen molar-refractivity contribution in [3.8, 4) is 17.6 Å². The minimum Gasteiger partial charge on any atom is -0.505 e. The van der Waals surface area contributed by atoms with Crippen molar-refractivity contribution < 1.29 is 28.9 Å². The Hall–Kier alpha value is -4.09. The molecule has 0 unspecified atom stereocenters. The number of ether oxygens (including phenoxy) is 2. The maximum atomic E-state index is 14.0. The first-order valence-corrected chi connectivity index (χ1v) is 9.79. The van der Waals surface area contributed by atoms with Gasteiger partial charge in [0.2, 0.25) is 0 Å². The van der Waals surface area contributed by atoms with E-state index >= 15 is 0 Å². The van der Waals surface area contributed by atoms with Gasteiger partial charge in [-0.1, -0.05) is 24.3 Å². The van der Waals surface area contributed by atoms with Gasteiger partial charge in [0.15, 0.2) is 17.7 Å². The molecule has 0 aliphatic heterocycles. The second kappa shape index (κ2) is 10.8. The average Bonchev–Trinajstić information content (AvgIpc) is 2.80. The number of hydrogen-bond acceptors (Lipinski definition) is 6. The van der Waals surface area contributed by atoms with Crippen LogP contribution in [0, 0.1) is 17.1 Å². The molecule has 0 spiro atoms. The fourth-order valence-corrected chi connectivity index (χ4v) is 3.02. The summed E-state index contributed by atoms with van der Waals surface area (Å²) in [5.74, 6) is -0.949. The van der Waals surface area contributed by atoms with Crippen LogP contribution >= 0.6 is 0 Å². The zero-order valence-corrected chi connectivity index (χ0v) is 16.9. The van der Waals surface area contributed by atoms with Crippen molar-refractivity contribution in [3.63, 3.8) is 0 Å². The van der Waals surface area contributed by atoms with Gasteiger partial charge in [-0.2, -0.15) is 5.26 Å². The van der Waals surface area contributed by atoms with Gasteiger partial charge < -0.3 is 19.7 Å². The number of benzene rings is 3. The standard InChI is InChI=1S/C24H21FN2O5/c25-20-14-17(8-11-21(20)29)23(22(12-13-28)31-19-4-2-1-3-5-19)32-24(30)27-18-9-6-16(15-26)7-10-18/h1-11,14,22-23,28-29H,12-13H2,(H,27,30)/t22-,23-/m1/s1. The van der Waals surface area contributed by atoms with E-state index in [0.717, 1.165) is 12.1 Å². The van der Waals surface area contributed by atoms with E-state index in [4.69, 9.17) is 14.7 Å². The third-order valence-electron chi connectivity index (χ3n) is 4.58. The average molecular weight is 436 g/mol. The molecule has 7 nitrogen and oxygen atoms in total. The van der Waals surface area contributed by atoms with Gasteiger partial charge in [-0.25, -0.2) is 9.18 Å². The number of aliphatic hydroxyl groups is 1. The van der Waals surface area contributed by atoms with E-state index in [2.05, 4.69) is 5.32 Å². The molecular weight excluding hydrogens is 415 g/mol. The second-order valence-electron chi connectivity index (χ2n) is 6.83. The Morgan fingerprint density at radius 2 is 1.81 bits per heavy atom. The van der Waals surface area contributed by atoms with Crippen LogP contribution in [0.15, 0.2) is 72.8 Å². The molecule has 3 aromatic rings. The predicted molar refractivity (Wildman–Crippen MR) is 115 cm³/mol. The Balaban J connectivity index is 1.86. The molecule has 3 aromatic carbocycles. The highest BCUT2D eigenvalue weighted by atomic mass is 19.1. The lowest BCUT2D eigenvalue weighted by atomic mass is 10.0. The van der Waals surface area contributed by atoms with Crippen LogP contribution in [0.5, 0.6) is 11.5 Å². The Morgan fingerprint density at radius 1 is 1.09 bits per heavy atom. The van der Waals surface area contributed by atoms with E-state index in [9.17, 15) is 19.4 Å². The van der Waals surface area contributed by atoms with Gasteiger partial charge in [-0.3, -0.25) is 5.32 Å². The predicted octanol–water partition coefficient (Wildman–Crippen LogP) is 4.52. The summed E-state index contributed by atoms with van der Waals surface area (Å²) in [6, 6.07) is 20.5. The molecule has 2 atom stereocenters.